The van der Waals surface area contributed by atoms with Crippen molar-refractivity contribution in [3.8, 4) is 5.75 Å². The van der Waals surface area contributed by atoms with Crippen LogP contribution in [-0.4, -0.2) is 104 Å². The lowest BCUT2D eigenvalue weighted by Crippen LogP contribution is -2.52. The normalized spacial score (nSPS) is 22.1. The van der Waals surface area contributed by atoms with Gasteiger partial charge in [0.1, 0.15) is 17.9 Å². The predicted octanol–water partition coefficient (Wildman–Crippen LogP) is 2.94. The van der Waals surface area contributed by atoms with Crippen LogP contribution in [0.4, 0.5) is 0 Å². The number of hydrogen-bond donors (Lipinski definition) is 1. The van der Waals surface area contributed by atoms with Crippen LogP contribution >= 0.6 is 0 Å². The number of ether oxygens (including phenoxy) is 3. The van der Waals surface area contributed by atoms with Gasteiger partial charge < -0.3 is 19.1 Å². The number of fused-ring (bicyclic) bond motifs is 1. The molecule has 0 bridgehead atoms. The molecule has 236 valence electrons. The van der Waals surface area contributed by atoms with Crippen molar-refractivity contribution in [3.05, 3.63) is 64.7 Å². The highest BCUT2D eigenvalue weighted by Crippen LogP contribution is 2.36. The number of nitrogens with zero attached hydrogens (tertiary/aromatic N) is 3. The second-order valence-electron chi connectivity index (χ2n) is 12.2. The number of hydrogen-bond acceptors (Lipinski definition) is 8. The summed E-state index contributed by atoms with van der Waals surface area (Å²) in [4.78, 5) is 44.2. The van der Waals surface area contributed by atoms with Gasteiger partial charge in [-0.2, -0.15) is 0 Å². The molecule has 0 aliphatic carbocycles. The van der Waals surface area contributed by atoms with E-state index in [1.54, 1.807) is 11.0 Å². The summed E-state index contributed by atoms with van der Waals surface area (Å²) in [5, 5.41) is 2.38. The minimum atomic E-state index is -0.652. The molecule has 6 rings (SSSR count). The Labute approximate surface area is 259 Å². The second kappa shape index (κ2) is 14.6. The summed E-state index contributed by atoms with van der Waals surface area (Å²) in [6, 6.07) is 13.7. The lowest BCUT2D eigenvalue weighted by molar-refractivity contribution is -0.136. The van der Waals surface area contributed by atoms with Gasteiger partial charge in [0.25, 0.3) is 5.91 Å². The Bertz CT molecular complexity index is 1310. The fraction of sp³-hybridized carbons (Fsp3) is 0.559. The first-order chi connectivity index (χ1) is 21.5. The molecule has 10 heteroatoms. The summed E-state index contributed by atoms with van der Waals surface area (Å²) in [5.74, 6) is -0.208. The van der Waals surface area contributed by atoms with E-state index < -0.39 is 11.9 Å². The Hall–Kier alpha value is -3.31. The highest BCUT2D eigenvalue weighted by molar-refractivity contribution is 6.05. The Morgan fingerprint density at radius 3 is 2.23 bits per heavy atom. The molecule has 2 atom stereocenters. The summed E-state index contributed by atoms with van der Waals surface area (Å²) >= 11 is 0. The molecular weight excluding hydrogens is 560 g/mol. The number of morpholine rings is 2. The standard InChI is InChI=1S/C34H44N4O6/c39-32-13-12-29(33(40)35-32)38-24-28-27(34(38)41)5-1-6-31(28)44-30(7-3-15-37-18-22-43-23-19-37)26-10-8-25(9-11-26)4-2-14-36-16-20-42-21-17-36/h1,5-6,8-11,29-30H,2-4,7,12-24H2,(H,35,39,40). The summed E-state index contributed by atoms with van der Waals surface area (Å²) < 4.78 is 17.8. The number of amides is 3. The van der Waals surface area contributed by atoms with Crippen molar-refractivity contribution in [1.82, 2.24) is 20.0 Å². The van der Waals surface area contributed by atoms with Crippen LogP contribution in [0.1, 0.15) is 65.3 Å². The molecule has 10 nitrogen and oxygen atoms in total. The molecule has 2 unspecified atom stereocenters. The average Bonchev–Trinajstić information content (AvgIpc) is 3.38. The number of benzene rings is 2. The average molecular weight is 605 g/mol. The van der Waals surface area contributed by atoms with Crippen molar-refractivity contribution in [3.63, 3.8) is 0 Å². The van der Waals surface area contributed by atoms with E-state index in [-0.39, 0.29) is 24.3 Å². The molecule has 2 aromatic rings. The first kappa shape index (κ1) is 30.7. The van der Waals surface area contributed by atoms with Crippen LogP contribution in [0.3, 0.4) is 0 Å². The number of nitrogens with one attached hydrogen (secondary N) is 1. The molecule has 0 saturated carbocycles. The topological polar surface area (TPSA) is 101 Å². The predicted molar refractivity (Wildman–Crippen MR) is 164 cm³/mol. The van der Waals surface area contributed by atoms with Crippen molar-refractivity contribution >= 4 is 17.7 Å². The summed E-state index contributed by atoms with van der Waals surface area (Å²) in [7, 11) is 0. The smallest absolute Gasteiger partial charge is 0.255 e. The zero-order valence-corrected chi connectivity index (χ0v) is 25.5. The highest BCUT2D eigenvalue weighted by Gasteiger charge is 2.40. The molecule has 3 amide bonds. The maximum Gasteiger partial charge on any atom is 0.255 e. The third-order valence-corrected chi connectivity index (χ3v) is 9.25. The zero-order chi connectivity index (χ0) is 30.3. The largest absolute Gasteiger partial charge is 0.485 e. The molecule has 1 N–H and O–H groups in total. The Balaban J connectivity index is 1.14. The summed E-state index contributed by atoms with van der Waals surface area (Å²) in [6.45, 7) is 9.52. The Morgan fingerprint density at radius 1 is 0.864 bits per heavy atom. The molecule has 4 aliphatic heterocycles. The van der Waals surface area contributed by atoms with Crippen molar-refractivity contribution in [2.24, 2.45) is 0 Å². The van der Waals surface area contributed by atoms with Gasteiger partial charge in [-0.25, -0.2) is 0 Å². The van der Waals surface area contributed by atoms with E-state index in [0.717, 1.165) is 103 Å². The quantitative estimate of drug-likeness (QED) is 0.370. The van der Waals surface area contributed by atoms with Gasteiger partial charge in [0.15, 0.2) is 0 Å². The molecule has 4 aliphatic rings. The van der Waals surface area contributed by atoms with E-state index in [1.165, 1.54) is 5.56 Å². The van der Waals surface area contributed by atoms with Crippen LogP contribution in [0.5, 0.6) is 5.75 Å². The fourth-order valence-corrected chi connectivity index (χ4v) is 6.67. The van der Waals surface area contributed by atoms with Gasteiger partial charge in [0, 0.05) is 43.7 Å². The van der Waals surface area contributed by atoms with Gasteiger partial charge >= 0.3 is 0 Å². The minimum absolute atomic E-state index is 0.176. The molecule has 3 fully saturated rings. The zero-order valence-electron chi connectivity index (χ0n) is 25.5. The number of aryl methyl sites for hydroxylation is 1. The third kappa shape index (κ3) is 7.48. The van der Waals surface area contributed by atoms with E-state index in [2.05, 4.69) is 39.4 Å². The van der Waals surface area contributed by atoms with E-state index in [9.17, 15) is 14.4 Å². The van der Waals surface area contributed by atoms with Crippen LogP contribution in [0.25, 0.3) is 0 Å². The van der Waals surface area contributed by atoms with Crippen LogP contribution in [0.2, 0.25) is 0 Å². The number of imide groups is 1. The van der Waals surface area contributed by atoms with E-state index in [4.69, 9.17) is 14.2 Å². The maximum absolute atomic E-state index is 13.4. The SMILES string of the molecule is O=C1CCC(N2Cc3c(OC(CCCN4CCOCC4)c4ccc(CCCN5CCOCC5)cc4)cccc3C2=O)C(=O)N1. The fourth-order valence-electron chi connectivity index (χ4n) is 6.67. The maximum atomic E-state index is 13.4. The number of carbonyl (C=O) groups is 3. The lowest BCUT2D eigenvalue weighted by atomic mass is 10.0. The number of rotatable bonds is 12. The van der Waals surface area contributed by atoms with Crippen molar-refractivity contribution in [1.29, 1.82) is 0 Å². The van der Waals surface area contributed by atoms with Crippen LogP contribution in [0.15, 0.2) is 42.5 Å². The van der Waals surface area contributed by atoms with Gasteiger partial charge in [-0.3, -0.25) is 29.5 Å². The molecule has 0 radical (unpaired) electrons. The van der Waals surface area contributed by atoms with Gasteiger partial charge in [0.05, 0.1) is 33.0 Å². The van der Waals surface area contributed by atoms with E-state index in [0.29, 0.717) is 24.3 Å². The van der Waals surface area contributed by atoms with E-state index in [1.807, 2.05) is 12.1 Å². The van der Waals surface area contributed by atoms with Gasteiger partial charge in [-0.1, -0.05) is 30.3 Å². The molecular formula is C34H44N4O6. The molecule has 2 aromatic carbocycles. The molecule has 0 spiro atoms. The van der Waals surface area contributed by atoms with Crippen LogP contribution in [-0.2, 0) is 32.0 Å². The second-order valence-corrected chi connectivity index (χ2v) is 12.2. The minimum Gasteiger partial charge on any atom is -0.485 e. The van der Waals surface area contributed by atoms with Crippen molar-refractivity contribution < 1.29 is 28.6 Å². The number of piperidine rings is 1. The molecule has 3 saturated heterocycles. The van der Waals surface area contributed by atoms with Gasteiger partial charge in [-0.15, -0.1) is 0 Å². The van der Waals surface area contributed by atoms with Crippen LogP contribution in [0, 0.1) is 0 Å². The monoisotopic (exact) mass is 604 g/mol. The Morgan fingerprint density at radius 2 is 1.55 bits per heavy atom. The molecule has 4 heterocycles. The number of carbonyl (C=O) groups excluding carboxylic acids is 3. The van der Waals surface area contributed by atoms with Crippen LogP contribution < -0.4 is 10.1 Å². The highest BCUT2D eigenvalue weighted by atomic mass is 16.5. The lowest BCUT2D eigenvalue weighted by Gasteiger charge is -2.29. The summed E-state index contributed by atoms with van der Waals surface area (Å²) in [5.41, 5.74) is 3.81. The summed E-state index contributed by atoms with van der Waals surface area (Å²) in [6.07, 6.45) is 4.35. The molecule has 44 heavy (non-hydrogen) atoms. The first-order valence-corrected chi connectivity index (χ1v) is 16.2. The van der Waals surface area contributed by atoms with E-state index >= 15 is 0 Å². The Kier molecular flexibility index (Phi) is 10.2. The van der Waals surface area contributed by atoms with Crippen molar-refractivity contribution in [2.75, 3.05) is 65.7 Å². The van der Waals surface area contributed by atoms with Gasteiger partial charge in [0.2, 0.25) is 11.8 Å². The molecule has 0 aromatic heterocycles. The van der Waals surface area contributed by atoms with Crippen molar-refractivity contribution in [2.45, 2.75) is 57.2 Å². The van der Waals surface area contributed by atoms with Gasteiger partial charge in [-0.05, 0) is 68.5 Å². The first-order valence-electron chi connectivity index (χ1n) is 16.2. The third-order valence-electron chi connectivity index (χ3n) is 9.25.